The molecule has 1 unspecified atom stereocenters. The molecular weight excluding hydrogens is 286 g/mol. The summed E-state index contributed by atoms with van der Waals surface area (Å²) in [6.07, 6.45) is -0.160. The number of rotatable bonds is 3. The van der Waals surface area contributed by atoms with E-state index >= 15 is 0 Å². The standard InChI is InChI=1S/C15H19N3O2S/c1-10-7-14(19)17-15(16-10)13-9-18(5-6-20-13)8-12-4-3-11(2)21-12/h3-4,7,13H,5-6,8-9H2,1-2H3,(H,16,17,19). The zero-order valence-electron chi connectivity index (χ0n) is 12.3. The Kier molecular flexibility index (Phi) is 4.19. The lowest BCUT2D eigenvalue weighted by Crippen LogP contribution is -2.38. The molecule has 1 fully saturated rings. The molecule has 0 bridgehead atoms. The first-order valence-electron chi connectivity index (χ1n) is 7.07. The van der Waals surface area contributed by atoms with Gasteiger partial charge >= 0.3 is 0 Å². The van der Waals surface area contributed by atoms with Gasteiger partial charge in [0.15, 0.2) is 0 Å². The van der Waals surface area contributed by atoms with Crippen molar-refractivity contribution in [3.8, 4) is 0 Å². The van der Waals surface area contributed by atoms with Crippen LogP contribution in [0.25, 0.3) is 0 Å². The number of nitrogens with zero attached hydrogens (tertiary/aromatic N) is 2. The van der Waals surface area contributed by atoms with Crippen LogP contribution in [0.15, 0.2) is 23.0 Å². The van der Waals surface area contributed by atoms with Crippen LogP contribution in [0.1, 0.15) is 27.4 Å². The van der Waals surface area contributed by atoms with E-state index in [1.54, 1.807) is 0 Å². The van der Waals surface area contributed by atoms with Crippen molar-refractivity contribution < 1.29 is 4.74 Å². The molecule has 0 aliphatic carbocycles. The summed E-state index contributed by atoms with van der Waals surface area (Å²) in [5, 5.41) is 0. The van der Waals surface area contributed by atoms with E-state index in [1.807, 2.05) is 18.3 Å². The molecule has 1 aliphatic heterocycles. The van der Waals surface area contributed by atoms with E-state index in [0.29, 0.717) is 12.4 Å². The van der Waals surface area contributed by atoms with E-state index in [0.717, 1.165) is 25.3 Å². The van der Waals surface area contributed by atoms with Crippen LogP contribution in [-0.2, 0) is 11.3 Å². The number of aromatic amines is 1. The van der Waals surface area contributed by atoms with Gasteiger partial charge in [-0.25, -0.2) is 4.98 Å². The van der Waals surface area contributed by atoms with Gasteiger partial charge in [-0.15, -0.1) is 11.3 Å². The van der Waals surface area contributed by atoms with Crippen molar-refractivity contribution in [1.29, 1.82) is 0 Å². The molecule has 0 spiro atoms. The van der Waals surface area contributed by atoms with Crippen LogP contribution < -0.4 is 5.56 Å². The van der Waals surface area contributed by atoms with Crippen LogP contribution in [0.3, 0.4) is 0 Å². The summed E-state index contributed by atoms with van der Waals surface area (Å²) in [4.78, 5) is 23.8. The number of hydrogen-bond acceptors (Lipinski definition) is 5. The number of nitrogens with one attached hydrogen (secondary N) is 1. The Bertz CT molecular complexity index is 680. The minimum Gasteiger partial charge on any atom is -0.368 e. The molecule has 112 valence electrons. The minimum atomic E-state index is -0.160. The molecule has 6 heteroatoms. The highest BCUT2D eigenvalue weighted by Gasteiger charge is 2.24. The van der Waals surface area contributed by atoms with Gasteiger partial charge < -0.3 is 9.72 Å². The first-order valence-corrected chi connectivity index (χ1v) is 7.89. The van der Waals surface area contributed by atoms with Gasteiger partial charge in [-0.3, -0.25) is 9.69 Å². The molecule has 3 heterocycles. The molecule has 0 aromatic carbocycles. The molecule has 1 aliphatic rings. The second-order valence-corrected chi connectivity index (χ2v) is 6.75. The summed E-state index contributed by atoms with van der Waals surface area (Å²) in [6, 6.07) is 5.83. The summed E-state index contributed by atoms with van der Waals surface area (Å²) in [5.74, 6) is 0.632. The van der Waals surface area contributed by atoms with E-state index in [4.69, 9.17) is 4.74 Å². The van der Waals surface area contributed by atoms with Gasteiger partial charge in [0, 0.05) is 41.1 Å². The lowest BCUT2D eigenvalue weighted by molar-refractivity contribution is -0.0371. The Hall–Kier alpha value is -1.50. The average molecular weight is 305 g/mol. The molecular formula is C15H19N3O2S. The second-order valence-electron chi connectivity index (χ2n) is 5.38. The molecule has 0 radical (unpaired) electrons. The van der Waals surface area contributed by atoms with Crippen molar-refractivity contribution in [3.63, 3.8) is 0 Å². The van der Waals surface area contributed by atoms with Crippen molar-refractivity contribution in [2.24, 2.45) is 0 Å². The number of aryl methyl sites for hydroxylation is 2. The summed E-state index contributed by atoms with van der Waals surface area (Å²) in [5.41, 5.74) is 0.607. The third-order valence-electron chi connectivity index (χ3n) is 3.52. The Balaban J connectivity index is 1.71. The monoisotopic (exact) mass is 305 g/mol. The van der Waals surface area contributed by atoms with Crippen LogP contribution in [-0.4, -0.2) is 34.6 Å². The number of H-pyrrole nitrogens is 1. The molecule has 2 aromatic heterocycles. The van der Waals surface area contributed by atoms with Crippen LogP contribution in [0, 0.1) is 13.8 Å². The molecule has 5 nitrogen and oxygen atoms in total. The first-order chi connectivity index (χ1) is 10.1. The van der Waals surface area contributed by atoms with Crippen molar-refractivity contribution in [2.75, 3.05) is 19.7 Å². The maximum Gasteiger partial charge on any atom is 0.251 e. The van der Waals surface area contributed by atoms with Crippen molar-refractivity contribution >= 4 is 11.3 Å². The zero-order valence-corrected chi connectivity index (χ0v) is 13.1. The predicted octanol–water partition coefficient (Wildman–Crippen LogP) is 2.02. The smallest absolute Gasteiger partial charge is 0.251 e. The fourth-order valence-electron chi connectivity index (χ4n) is 2.56. The summed E-state index contributed by atoms with van der Waals surface area (Å²) in [7, 11) is 0. The van der Waals surface area contributed by atoms with E-state index < -0.39 is 0 Å². The molecule has 0 saturated carbocycles. The Morgan fingerprint density at radius 2 is 2.33 bits per heavy atom. The third kappa shape index (κ3) is 3.58. The Morgan fingerprint density at radius 1 is 1.48 bits per heavy atom. The van der Waals surface area contributed by atoms with Crippen molar-refractivity contribution in [3.05, 3.63) is 49.8 Å². The summed E-state index contributed by atoms with van der Waals surface area (Å²) in [6.45, 7) is 7.19. The minimum absolute atomic E-state index is 0.118. The Labute approximate surface area is 127 Å². The van der Waals surface area contributed by atoms with Gasteiger partial charge in [0.05, 0.1) is 6.61 Å². The average Bonchev–Trinajstić information content (AvgIpc) is 2.83. The highest BCUT2D eigenvalue weighted by Crippen LogP contribution is 2.22. The van der Waals surface area contributed by atoms with Crippen LogP contribution in [0.4, 0.5) is 0 Å². The number of thiophene rings is 1. The van der Waals surface area contributed by atoms with Gasteiger partial charge in [0.2, 0.25) is 0 Å². The fourth-order valence-corrected chi connectivity index (χ4v) is 3.49. The number of ether oxygens (including phenoxy) is 1. The summed E-state index contributed by atoms with van der Waals surface area (Å²) < 4.78 is 5.78. The number of hydrogen-bond donors (Lipinski definition) is 1. The highest BCUT2D eigenvalue weighted by atomic mass is 32.1. The molecule has 3 rings (SSSR count). The fraction of sp³-hybridized carbons (Fsp3) is 0.467. The number of aromatic nitrogens is 2. The van der Waals surface area contributed by atoms with Gasteiger partial charge in [-0.1, -0.05) is 0 Å². The Morgan fingerprint density at radius 3 is 3.05 bits per heavy atom. The largest absolute Gasteiger partial charge is 0.368 e. The lowest BCUT2D eigenvalue weighted by atomic mass is 10.2. The molecule has 1 saturated heterocycles. The first kappa shape index (κ1) is 14.4. The van der Waals surface area contributed by atoms with Crippen molar-refractivity contribution in [2.45, 2.75) is 26.5 Å². The van der Waals surface area contributed by atoms with Gasteiger partial charge in [0.1, 0.15) is 11.9 Å². The normalized spacial score (nSPS) is 19.8. The van der Waals surface area contributed by atoms with Crippen LogP contribution in [0.2, 0.25) is 0 Å². The van der Waals surface area contributed by atoms with Gasteiger partial charge in [-0.2, -0.15) is 0 Å². The molecule has 2 aromatic rings. The molecule has 1 N–H and O–H groups in total. The maximum absolute atomic E-state index is 11.6. The lowest BCUT2D eigenvalue weighted by Gasteiger charge is -2.32. The number of morpholine rings is 1. The highest BCUT2D eigenvalue weighted by molar-refractivity contribution is 7.11. The second kappa shape index (κ2) is 6.09. The molecule has 1 atom stereocenters. The zero-order chi connectivity index (χ0) is 14.8. The van der Waals surface area contributed by atoms with Gasteiger partial charge in [0.25, 0.3) is 5.56 Å². The quantitative estimate of drug-likeness (QED) is 0.942. The predicted molar refractivity (Wildman–Crippen MR) is 82.6 cm³/mol. The maximum atomic E-state index is 11.6. The van der Waals surface area contributed by atoms with E-state index in [-0.39, 0.29) is 11.7 Å². The summed E-state index contributed by atoms with van der Waals surface area (Å²) >= 11 is 1.83. The van der Waals surface area contributed by atoms with Crippen molar-refractivity contribution in [1.82, 2.24) is 14.9 Å². The third-order valence-corrected chi connectivity index (χ3v) is 4.50. The van der Waals surface area contributed by atoms with Gasteiger partial charge in [-0.05, 0) is 26.0 Å². The van der Waals surface area contributed by atoms with E-state index in [9.17, 15) is 4.79 Å². The van der Waals surface area contributed by atoms with E-state index in [2.05, 4.69) is 33.9 Å². The van der Waals surface area contributed by atoms with E-state index in [1.165, 1.54) is 15.8 Å². The van der Waals surface area contributed by atoms with Crippen LogP contribution in [0.5, 0.6) is 0 Å². The van der Waals surface area contributed by atoms with Crippen LogP contribution >= 0.6 is 11.3 Å². The topological polar surface area (TPSA) is 58.2 Å². The SMILES string of the molecule is Cc1cc(=O)[nH]c(C2CN(Cc3ccc(C)s3)CCO2)n1. The molecule has 21 heavy (non-hydrogen) atoms. The molecule has 0 amide bonds.